The number of carbonyl (C=O) groups is 1. The summed E-state index contributed by atoms with van der Waals surface area (Å²) in [6.07, 6.45) is 8.01. The van der Waals surface area contributed by atoms with Crippen LogP contribution in [-0.4, -0.2) is 29.5 Å². The van der Waals surface area contributed by atoms with Crippen LogP contribution < -0.4 is 10.2 Å². The molecule has 1 amide bonds. The predicted octanol–water partition coefficient (Wildman–Crippen LogP) is 1.88. The second-order valence-electron chi connectivity index (χ2n) is 5.85. The molecule has 0 spiro atoms. The van der Waals surface area contributed by atoms with E-state index in [0.717, 1.165) is 37.4 Å². The SMILES string of the molecule is O=C1C(NC2CC2)CCCN1c1nc2c(s1)CCC2. The van der Waals surface area contributed by atoms with Crippen molar-refractivity contribution >= 4 is 22.4 Å². The number of amides is 1. The minimum Gasteiger partial charge on any atom is -0.303 e. The second-order valence-corrected chi connectivity index (χ2v) is 6.91. The van der Waals surface area contributed by atoms with Gasteiger partial charge in [0.2, 0.25) is 5.91 Å². The van der Waals surface area contributed by atoms with Crippen molar-refractivity contribution in [3.05, 3.63) is 10.6 Å². The number of aromatic nitrogens is 1. The van der Waals surface area contributed by atoms with Crippen LogP contribution in [-0.2, 0) is 17.6 Å². The summed E-state index contributed by atoms with van der Waals surface area (Å²) >= 11 is 1.74. The lowest BCUT2D eigenvalue weighted by Crippen LogP contribution is -2.51. The summed E-state index contributed by atoms with van der Waals surface area (Å²) in [6.45, 7) is 0.841. The Labute approximate surface area is 117 Å². The highest BCUT2D eigenvalue weighted by Crippen LogP contribution is 2.34. The van der Waals surface area contributed by atoms with Crippen molar-refractivity contribution in [1.29, 1.82) is 0 Å². The number of nitrogens with one attached hydrogen (secondary N) is 1. The zero-order valence-corrected chi connectivity index (χ0v) is 11.8. The highest BCUT2D eigenvalue weighted by Gasteiger charge is 2.35. The summed E-state index contributed by atoms with van der Waals surface area (Å²) < 4.78 is 0. The Morgan fingerprint density at radius 2 is 2.11 bits per heavy atom. The third-order valence-corrected chi connectivity index (χ3v) is 5.45. The molecular formula is C14H19N3OS. The Balaban J connectivity index is 1.53. The number of piperidine rings is 1. The van der Waals surface area contributed by atoms with Gasteiger partial charge in [0.1, 0.15) is 0 Å². The van der Waals surface area contributed by atoms with Crippen LogP contribution in [0.4, 0.5) is 5.13 Å². The Morgan fingerprint density at radius 3 is 2.89 bits per heavy atom. The van der Waals surface area contributed by atoms with E-state index >= 15 is 0 Å². The van der Waals surface area contributed by atoms with E-state index in [2.05, 4.69) is 10.3 Å². The molecule has 1 atom stereocenters. The van der Waals surface area contributed by atoms with Crippen LogP contribution in [0.3, 0.4) is 0 Å². The van der Waals surface area contributed by atoms with Crippen LogP contribution in [0, 0.1) is 0 Å². The highest BCUT2D eigenvalue weighted by molar-refractivity contribution is 7.16. The minimum atomic E-state index is 0.0278. The number of nitrogens with zero attached hydrogens (tertiary/aromatic N) is 2. The van der Waals surface area contributed by atoms with E-state index in [1.165, 1.54) is 29.8 Å². The molecule has 0 radical (unpaired) electrons. The van der Waals surface area contributed by atoms with Gasteiger partial charge >= 0.3 is 0 Å². The Bertz CT molecular complexity index is 487. The van der Waals surface area contributed by atoms with Gasteiger partial charge in [-0.1, -0.05) is 0 Å². The van der Waals surface area contributed by atoms with E-state index < -0.39 is 0 Å². The maximum Gasteiger partial charge on any atom is 0.245 e. The molecule has 1 aromatic heterocycles. The molecule has 2 fully saturated rings. The van der Waals surface area contributed by atoms with Gasteiger partial charge in [0.15, 0.2) is 5.13 Å². The lowest BCUT2D eigenvalue weighted by atomic mass is 10.1. The summed E-state index contributed by atoms with van der Waals surface area (Å²) in [5.74, 6) is 0.241. The smallest absolute Gasteiger partial charge is 0.245 e. The molecular weight excluding hydrogens is 258 g/mol. The van der Waals surface area contributed by atoms with Crippen molar-refractivity contribution in [1.82, 2.24) is 10.3 Å². The second kappa shape index (κ2) is 4.56. The van der Waals surface area contributed by atoms with Gasteiger partial charge in [-0.2, -0.15) is 0 Å². The van der Waals surface area contributed by atoms with E-state index in [1.807, 2.05) is 4.90 Å². The molecule has 1 unspecified atom stereocenters. The highest BCUT2D eigenvalue weighted by atomic mass is 32.1. The maximum atomic E-state index is 12.5. The largest absolute Gasteiger partial charge is 0.303 e. The fourth-order valence-corrected chi connectivity index (χ4v) is 4.23. The lowest BCUT2D eigenvalue weighted by molar-refractivity contribution is -0.121. The van der Waals surface area contributed by atoms with Crippen LogP contribution in [0.1, 0.15) is 42.7 Å². The van der Waals surface area contributed by atoms with Crippen LogP contribution in [0.5, 0.6) is 0 Å². The summed E-state index contributed by atoms with van der Waals surface area (Å²) in [5.41, 5.74) is 1.24. The Hall–Kier alpha value is -0.940. The van der Waals surface area contributed by atoms with E-state index in [9.17, 15) is 4.79 Å². The van der Waals surface area contributed by atoms with Gasteiger partial charge in [-0.15, -0.1) is 11.3 Å². The van der Waals surface area contributed by atoms with Gasteiger partial charge < -0.3 is 5.32 Å². The first-order valence-corrected chi connectivity index (χ1v) is 8.19. The molecule has 2 aliphatic carbocycles. The number of thiazole rings is 1. The standard InChI is InChI=1S/C14H19N3OS/c18-13-11(15-9-6-7-9)4-2-8-17(13)14-16-10-3-1-5-12(10)19-14/h9,11,15H,1-8H2. The van der Waals surface area contributed by atoms with Gasteiger partial charge in [0, 0.05) is 17.5 Å². The molecule has 5 heteroatoms. The summed E-state index contributed by atoms with van der Waals surface area (Å²) in [7, 11) is 0. The summed E-state index contributed by atoms with van der Waals surface area (Å²) in [5, 5.41) is 4.42. The third kappa shape index (κ3) is 2.19. The molecule has 2 heterocycles. The van der Waals surface area contributed by atoms with Crippen LogP contribution in [0.25, 0.3) is 0 Å². The minimum absolute atomic E-state index is 0.0278. The van der Waals surface area contributed by atoms with Crippen LogP contribution in [0.2, 0.25) is 0 Å². The van der Waals surface area contributed by atoms with E-state index in [0.29, 0.717) is 6.04 Å². The van der Waals surface area contributed by atoms with Crippen LogP contribution >= 0.6 is 11.3 Å². The lowest BCUT2D eigenvalue weighted by Gasteiger charge is -2.31. The molecule has 4 rings (SSSR count). The van der Waals surface area contributed by atoms with E-state index in [1.54, 1.807) is 11.3 Å². The van der Waals surface area contributed by atoms with E-state index in [-0.39, 0.29) is 11.9 Å². The molecule has 1 aromatic rings. The average Bonchev–Trinajstić information content (AvgIpc) is 2.95. The van der Waals surface area contributed by atoms with Crippen molar-refractivity contribution < 1.29 is 4.79 Å². The zero-order chi connectivity index (χ0) is 12.8. The van der Waals surface area contributed by atoms with Crippen molar-refractivity contribution in [2.24, 2.45) is 0 Å². The number of aryl methyl sites for hydroxylation is 2. The van der Waals surface area contributed by atoms with Crippen LogP contribution in [0.15, 0.2) is 0 Å². The number of fused-ring (bicyclic) bond motifs is 1. The first-order chi connectivity index (χ1) is 9.31. The maximum absolute atomic E-state index is 12.5. The van der Waals surface area contributed by atoms with Crippen molar-refractivity contribution in [3.8, 4) is 0 Å². The molecule has 1 saturated carbocycles. The van der Waals surface area contributed by atoms with Gasteiger partial charge in [0.05, 0.1) is 11.7 Å². The van der Waals surface area contributed by atoms with Gasteiger partial charge in [-0.05, 0) is 44.9 Å². The molecule has 102 valence electrons. The number of rotatable bonds is 3. The molecule has 0 aromatic carbocycles. The number of hydrogen-bond acceptors (Lipinski definition) is 4. The molecule has 1 aliphatic heterocycles. The van der Waals surface area contributed by atoms with Crippen molar-refractivity contribution in [2.75, 3.05) is 11.4 Å². The quantitative estimate of drug-likeness (QED) is 0.917. The number of anilines is 1. The average molecular weight is 277 g/mol. The van der Waals surface area contributed by atoms with Crippen molar-refractivity contribution in [3.63, 3.8) is 0 Å². The number of carbonyl (C=O) groups excluding carboxylic acids is 1. The van der Waals surface area contributed by atoms with Gasteiger partial charge in [0.25, 0.3) is 0 Å². The fourth-order valence-electron chi connectivity index (χ4n) is 3.05. The van der Waals surface area contributed by atoms with Gasteiger partial charge in [-0.25, -0.2) is 4.98 Å². The third-order valence-electron chi connectivity index (χ3n) is 4.27. The molecule has 4 nitrogen and oxygen atoms in total. The Kier molecular flexibility index (Phi) is 2.84. The molecule has 3 aliphatic rings. The first-order valence-electron chi connectivity index (χ1n) is 7.37. The van der Waals surface area contributed by atoms with Crippen molar-refractivity contribution in [2.45, 2.75) is 57.0 Å². The molecule has 1 N–H and O–H groups in total. The predicted molar refractivity (Wildman–Crippen MR) is 75.7 cm³/mol. The molecule has 19 heavy (non-hydrogen) atoms. The fraction of sp³-hybridized carbons (Fsp3) is 0.714. The molecule has 0 bridgehead atoms. The topological polar surface area (TPSA) is 45.2 Å². The number of hydrogen-bond donors (Lipinski definition) is 1. The normalized spacial score (nSPS) is 26.8. The molecule has 1 saturated heterocycles. The van der Waals surface area contributed by atoms with E-state index in [4.69, 9.17) is 0 Å². The monoisotopic (exact) mass is 277 g/mol. The summed E-state index contributed by atoms with van der Waals surface area (Å²) in [6, 6.07) is 0.621. The summed E-state index contributed by atoms with van der Waals surface area (Å²) in [4.78, 5) is 20.6. The Morgan fingerprint density at radius 1 is 1.21 bits per heavy atom. The van der Waals surface area contributed by atoms with Gasteiger partial charge in [-0.3, -0.25) is 9.69 Å². The first kappa shape index (κ1) is 11.9. The zero-order valence-electron chi connectivity index (χ0n) is 11.0.